The van der Waals surface area contributed by atoms with Crippen LogP contribution in [0, 0.1) is 15.5 Å². The molecule has 0 radical (unpaired) electrons. The lowest BCUT2D eigenvalue weighted by molar-refractivity contribution is -0.386. The van der Waals surface area contributed by atoms with E-state index in [1.807, 2.05) is 0 Å². The second-order valence-corrected chi connectivity index (χ2v) is 6.61. The third kappa shape index (κ3) is 3.67. The lowest BCUT2D eigenvalue weighted by Crippen LogP contribution is -2.33. The van der Waals surface area contributed by atoms with Gasteiger partial charge in [-0.25, -0.2) is 0 Å². The zero-order chi connectivity index (χ0) is 14.6. The van der Waals surface area contributed by atoms with E-state index in [9.17, 15) is 10.1 Å². The highest BCUT2D eigenvalue weighted by Crippen LogP contribution is 2.39. The number of nitrogens with zero attached hydrogens (tertiary/aromatic N) is 1. The Morgan fingerprint density at radius 1 is 1.35 bits per heavy atom. The van der Waals surface area contributed by atoms with Crippen molar-refractivity contribution in [3.8, 4) is 5.75 Å². The molecule has 0 N–H and O–H groups in total. The van der Waals surface area contributed by atoms with Crippen molar-refractivity contribution < 1.29 is 9.66 Å². The first-order valence-corrected chi connectivity index (χ1v) is 8.16. The second kappa shape index (κ2) is 6.80. The first-order valence-electron chi connectivity index (χ1n) is 6.74. The van der Waals surface area contributed by atoms with Gasteiger partial charge >= 0.3 is 5.69 Å². The third-order valence-corrected chi connectivity index (χ3v) is 5.07. The van der Waals surface area contributed by atoms with Crippen LogP contribution in [-0.2, 0) is 0 Å². The SMILES string of the molecule is O=[N+]([O-])c1cc(Br)ccc1OCC1(CS)CCCCC1. The van der Waals surface area contributed by atoms with Crippen LogP contribution in [0.4, 0.5) is 5.69 Å². The zero-order valence-electron chi connectivity index (χ0n) is 11.2. The Labute approximate surface area is 132 Å². The van der Waals surface area contributed by atoms with E-state index >= 15 is 0 Å². The molecule has 110 valence electrons. The first-order chi connectivity index (χ1) is 9.56. The minimum absolute atomic E-state index is 0.00417. The number of ether oxygens (including phenoxy) is 1. The predicted octanol–water partition coefficient (Wildman–Crippen LogP) is 4.62. The van der Waals surface area contributed by atoms with E-state index in [0.717, 1.165) is 18.6 Å². The quantitative estimate of drug-likeness (QED) is 0.474. The van der Waals surface area contributed by atoms with E-state index in [2.05, 4.69) is 28.6 Å². The van der Waals surface area contributed by atoms with Crippen LogP contribution >= 0.6 is 28.6 Å². The lowest BCUT2D eigenvalue weighted by atomic mass is 9.76. The molecule has 20 heavy (non-hydrogen) atoms. The molecule has 0 aliphatic heterocycles. The molecule has 0 bridgehead atoms. The van der Waals surface area contributed by atoms with Gasteiger partial charge in [-0.15, -0.1) is 0 Å². The normalized spacial score (nSPS) is 17.7. The highest BCUT2D eigenvalue weighted by atomic mass is 79.9. The maximum Gasteiger partial charge on any atom is 0.312 e. The van der Waals surface area contributed by atoms with Gasteiger partial charge in [0, 0.05) is 16.0 Å². The van der Waals surface area contributed by atoms with Crippen LogP contribution < -0.4 is 4.74 Å². The average Bonchev–Trinajstić information content (AvgIpc) is 2.47. The Hall–Kier alpha value is -0.750. The van der Waals surface area contributed by atoms with E-state index in [1.165, 1.54) is 25.3 Å². The summed E-state index contributed by atoms with van der Waals surface area (Å²) in [5, 5.41) is 11.1. The van der Waals surface area contributed by atoms with Gasteiger partial charge < -0.3 is 4.74 Å². The number of hydrogen-bond acceptors (Lipinski definition) is 4. The van der Waals surface area contributed by atoms with E-state index in [0.29, 0.717) is 16.8 Å². The van der Waals surface area contributed by atoms with Gasteiger partial charge in [-0.2, -0.15) is 12.6 Å². The Morgan fingerprint density at radius 3 is 2.65 bits per heavy atom. The summed E-state index contributed by atoms with van der Waals surface area (Å²) in [5.41, 5.74) is 0.0620. The summed E-state index contributed by atoms with van der Waals surface area (Å²) in [6.45, 7) is 0.499. The molecule has 2 rings (SSSR count). The molecule has 0 unspecified atom stereocenters. The van der Waals surface area contributed by atoms with Crippen LogP contribution in [0.25, 0.3) is 0 Å². The maximum absolute atomic E-state index is 11.1. The standard InChI is InChI=1S/C14H18BrNO3S/c15-11-4-5-13(12(8-11)16(17)18)19-9-14(10-20)6-2-1-3-7-14/h4-5,8,20H,1-3,6-7,9-10H2. The number of benzene rings is 1. The van der Waals surface area contributed by atoms with Crippen LogP contribution in [0.5, 0.6) is 5.75 Å². The van der Waals surface area contributed by atoms with E-state index in [4.69, 9.17) is 4.74 Å². The van der Waals surface area contributed by atoms with E-state index in [1.54, 1.807) is 12.1 Å². The second-order valence-electron chi connectivity index (χ2n) is 5.38. The number of rotatable bonds is 5. The van der Waals surface area contributed by atoms with Gasteiger partial charge in [0.25, 0.3) is 0 Å². The molecule has 1 aliphatic carbocycles. The van der Waals surface area contributed by atoms with Crippen LogP contribution in [0.3, 0.4) is 0 Å². The van der Waals surface area contributed by atoms with Gasteiger partial charge in [-0.1, -0.05) is 35.2 Å². The predicted molar refractivity (Wildman–Crippen MR) is 85.7 cm³/mol. The molecule has 1 fully saturated rings. The number of nitro groups is 1. The molecule has 0 atom stereocenters. The fourth-order valence-corrected chi connectivity index (χ4v) is 3.39. The van der Waals surface area contributed by atoms with Crippen molar-refractivity contribution in [3.63, 3.8) is 0 Å². The molecule has 4 nitrogen and oxygen atoms in total. The lowest BCUT2D eigenvalue weighted by Gasteiger charge is -2.35. The van der Waals surface area contributed by atoms with Crippen molar-refractivity contribution in [2.75, 3.05) is 12.4 Å². The van der Waals surface area contributed by atoms with E-state index in [-0.39, 0.29) is 11.1 Å². The maximum atomic E-state index is 11.1. The topological polar surface area (TPSA) is 52.4 Å². The van der Waals surface area contributed by atoms with Crippen molar-refractivity contribution in [2.24, 2.45) is 5.41 Å². The zero-order valence-corrected chi connectivity index (χ0v) is 13.7. The molecule has 1 aliphatic rings. The molecule has 0 aromatic heterocycles. The summed E-state index contributed by atoms with van der Waals surface area (Å²) in [6, 6.07) is 4.89. The Morgan fingerprint density at radius 2 is 2.05 bits per heavy atom. The molecule has 0 saturated heterocycles. The van der Waals surface area contributed by atoms with Gasteiger partial charge in [-0.3, -0.25) is 10.1 Å². The Bertz CT molecular complexity index is 489. The van der Waals surface area contributed by atoms with Crippen LogP contribution in [0.2, 0.25) is 0 Å². The molecule has 1 aromatic rings. The van der Waals surface area contributed by atoms with Gasteiger partial charge in [0.15, 0.2) is 5.75 Å². The molecule has 0 heterocycles. The highest BCUT2D eigenvalue weighted by molar-refractivity contribution is 9.10. The van der Waals surface area contributed by atoms with Crippen LogP contribution in [-0.4, -0.2) is 17.3 Å². The molecule has 0 amide bonds. The van der Waals surface area contributed by atoms with Crippen molar-refractivity contribution in [3.05, 3.63) is 32.8 Å². The fourth-order valence-electron chi connectivity index (χ4n) is 2.64. The molecular formula is C14H18BrNO3S. The van der Waals surface area contributed by atoms with Crippen molar-refractivity contribution in [2.45, 2.75) is 32.1 Å². The smallest absolute Gasteiger partial charge is 0.312 e. The Balaban J connectivity index is 2.11. The van der Waals surface area contributed by atoms with Crippen LogP contribution in [0.1, 0.15) is 32.1 Å². The number of hydrogen-bond donors (Lipinski definition) is 1. The van der Waals surface area contributed by atoms with Gasteiger partial charge in [0.2, 0.25) is 0 Å². The highest BCUT2D eigenvalue weighted by Gasteiger charge is 2.32. The van der Waals surface area contributed by atoms with Crippen LogP contribution in [0.15, 0.2) is 22.7 Å². The van der Waals surface area contributed by atoms with Crippen molar-refractivity contribution in [1.82, 2.24) is 0 Å². The van der Waals surface area contributed by atoms with Crippen molar-refractivity contribution in [1.29, 1.82) is 0 Å². The summed E-state index contributed by atoms with van der Waals surface area (Å²) in [5.74, 6) is 1.10. The minimum atomic E-state index is -0.408. The summed E-state index contributed by atoms with van der Waals surface area (Å²) >= 11 is 7.70. The summed E-state index contributed by atoms with van der Waals surface area (Å²) in [6.07, 6.45) is 5.80. The average molecular weight is 360 g/mol. The summed E-state index contributed by atoms with van der Waals surface area (Å²) in [7, 11) is 0. The summed E-state index contributed by atoms with van der Waals surface area (Å²) < 4.78 is 6.45. The number of thiol groups is 1. The number of nitro benzene ring substituents is 1. The first kappa shape index (κ1) is 15.6. The molecule has 6 heteroatoms. The monoisotopic (exact) mass is 359 g/mol. The minimum Gasteiger partial charge on any atom is -0.486 e. The van der Waals surface area contributed by atoms with E-state index < -0.39 is 4.92 Å². The third-order valence-electron chi connectivity index (χ3n) is 3.90. The van der Waals surface area contributed by atoms with Gasteiger partial charge in [0.05, 0.1) is 11.5 Å². The van der Waals surface area contributed by atoms with Crippen molar-refractivity contribution >= 4 is 34.2 Å². The number of halogens is 1. The summed E-state index contributed by atoms with van der Waals surface area (Å²) in [4.78, 5) is 10.7. The largest absolute Gasteiger partial charge is 0.486 e. The van der Waals surface area contributed by atoms with Gasteiger partial charge in [-0.05, 0) is 30.7 Å². The fraction of sp³-hybridized carbons (Fsp3) is 0.571. The molecule has 1 aromatic carbocycles. The Kier molecular flexibility index (Phi) is 5.32. The molecule has 1 saturated carbocycles. The molecule has 0 spiro atoms. The molecular weight excluding hydrogens is 342 g/mol. The van der Waals surface area contributed by atoms with Gasteiger partial charge in [0.1, 0.15) is 0 Å².